The Kier molecular flexibility index (Phi) is 2.34. The quantitative estimate of drug-likeness (QED) is 0.596. The van der Waals surface area contributed by atoms with E-state index in [2.05, 4.69) is 71.1 Å². The molecule has 0 aromatic heterocycles. The molecule has 2 heteroatoms. The van der Waals surface area contributed by atoms with Crippen LogP contribution in [-0.4, -0.2) is 0 Å². The molecule has 0 aromatic carbocycles. The maximum Gasteiger partial charge on any atom is 0.103 e. The Morgan fingerprint density at radius 2 is 1.70 bits per heavy atom. The zero-order chi connectivity index (χ0) is 16.9. The molecule has 0 radical (unpaired) electrons. The van der Waals surface area contributed by atoms with Crippen LogP contribution in [0.15, 0.2) is 35.5 Å². The summed E-state index contributed by atoms with van der Waals surface area (Å²) in [6.45, 7) is 11.2. The van der Waals surface area contributed by atoms with Gasteiger partial charge in [-0.15, -0.1) is 0 Å². The van der Waals surface area contributed by atoms with Gasteiger partial charge in [0.2, 0.25) is 0 Å². The molecule has 1 fully saturated rings. The molecular weight excluding hydrogens is 280 g/mol. The Morgan fingerprint density at radius 1 is 1.00 bits per heavy atom. The molecule has 23 heavy (non-hydrogen) atoms. The van der Waals surface area contributed by atoms with E-state index in [0.717, 1.165) is 12.8 Å². The van der Waals surface area contributed by atoms with Gasteiger partial charge >= 0.3 is 0 Å². The van der Waals surface area contributed by atoms with Gasteiger partial charge in [0.1, 0.15) is 5.41 Å². The first-order valence-electron chi connectivity index (χ1n) is 8.59. The van der Waals surface area contributed by atoms with Crippen molar-refractivity contribution in [1.82, 2.24) is 0 Å². The highest BCUT2D eigenvalue weighted by atomic mass is 14.8. The van der Waals surface area contributed by atoms with Crippen molar-refractivity contribution >= 4 is 0 Å². The number of hydrogen-bond acceptors (Lipinski definition) is 2. The molecule has 4 rings (SSSR count). The highest BCUT2D eigenvalue weighted by molar-refractivity contribution is 5.62. The monoisotopic (exact) mass is 304 g/mol. The maximum atomic E-state index is 10.2. The number of rotatable bonds is 0. The smallest absolute Gasteiger partial charge is 0.103 e. The fraction of sp³-hybridized carbons (Fsp3) is 0.619. The van der Waals surface area contributed by atoms with Crippen LogP contribution < -0.4 is 0 Å². The van der Waals surface area contributed by atoms with E-state index in [0.29, 0.717) is 5.92 Å². The van der Waals surface area contributed by atoms with Crippen LogP contribution in [0.2, 0.25) is 0 Å². The predicted molar refractivity (Wildman–Crippen MR) is 89.8 cm³/mol. The van der Waals surface area contributed by atoms with Crippen molar-refractivity contribution in [2.75, 3.05) is 0 Å². The SMILES string of the molecule is C[C@@H]1C=C[C@@]23C4=C1CC(C)(C)[C@@]4(C#N)C=C[C@]2(C#N)CC3(C)C. The number of hydrogen-bond donors (Lipinski definition) is 0. The van der Waals surface area contributed by atoms with Crippen LogP contribution in [0.25, 0.3) is 0 Å². The van der Waals surface area contributed by atoms with Crippen LogP contribution in [0.4, 0.5) is 0 Å². The number of nitrogens with zero attached hydrogens (tertiary/aromatic N) is 2. The minimum Gasteiger partial charge on any atom is -0.197 e. The van der Waals surface area contributed by atoms with Crippen LogP contribution in [0.1, 0.15) is 47.5 Å². The molecule has 0 aliphatic heterocycles. The van der Waals surface area contributed by atoms with Gasteiger partial charge in [0.25, 0.3) is 0 Å². The van der Waals surface area contributed by atoms with Crippen molar-refractivity contribution in [3.8, 4) is 12.1 Å². The zero-order valence-electron chi connectivity index (χ0n) is 14.7. The summed E-state index contributed by atoms with van der Waals surface area (Å²) in [4.78, 5) is 0. The van der Waals surface area contributed by atoms with Crippen molar-refractivity contribution in [3.63, 3.8) is 0 Å². The lowest BCUT2D eigenvalue weighted by atomic mass is 9.30. The summed E-state index contributed by atoms with van der Waals surface area (Å²) in [7, 11) is 0. The van der Waals surface area contributed by atoms with Crippen molar-refractivity contribution in [2.45, 2.75) is 47.5 Å². The van der Waals surface area contributed by atoms with Gasteiger partial charge in [-0.05, 0) is 35.2 Å². The molecular formula is C21H24N2. The Hall–Kier alpha value is -1.80. The predicted octanol–water partition coefficient (Wildman–Crippen LogP) is 4.92. The van der Waals surface area contributed by atoms with Crippen molar-refractivity contribution < 1.29 is 0 Å². The Bertz CT molecular complexity index is 795. The fourth-order valence-corrected chi connectivity index (χ4v) is 6.32. The summed E-state index contributed by atoms with van der Waals surface area (Å²) in [5.41, 5.74) is 1.21. The molecule has 4 aliphatic carbocycles. The molecule has 1 saturated carbocycles. The lowest BCUT2D eigenvalue weighted by molar-refractivity contribution is -0.0927. The molecule has 0 saturated heterocycles. The van der Waals surface area contributed by atoms with Crippen molar-refractivity contribution in [1.29, 1.82) is 10.5 Å². The Morgan fingerprint density at radius 3 is 2.26 bits per heavy atom. The van der Waals surface area contributed by atoms with E-state index >= 15 is 0 Å². The van der Waals surface area contributed by atoms with E-state index < -0.39 is 10.8 Å². The molecule has 118 valence electrons. The number of nitriles is 2. The molecule has 4 aliphatic rings. The van der Waals surface area contributed by atoms with E-state index in [1.54, 1.807) is 0 Å². The second-order valence-corrected chi connectivity index (χ2v) is 9.31. The van der Waals surface area contributed by atoms with Gasteiger partial charge in [-0.2, -0.15) is 10.5 Å². The third-order valence-electron chi connectivity index (χ3n) is 7.48. The largest absolute Gasteiger partial charge is 0.197 e. The lowest BCUT2D eigenvalue weighted by Crippen LogP contribution is -2.66. The van der Waals surface area contributed by atoms with Crippen LogP contribution in [0.3, 0.4) is 0 Å². The summed E-state index contributed by atoms with van der Waals surface area (Å²) in [5, 5.41) is 20.3. The normalized spacial score (nSPS) is 47.2. The minimum atomic E-state index is -0.570. The molecule has 0 aromatic rings. The number of allylic oxidation sites excluding steroid dienone is 6. The van der Waals surface area contributed by atoms with E-state index in [9.17, 15) is 10.5 Å². The van der Waals surface area contributed by atoms with Crippen LogP contribution >= 0.6 is 0 Å². The average molecular weight is 304 g/mol. The third-order valence-corrected chi connectivity index (χ3v) is 7.48. The summed E-state index contributed by atoms with van der Waals surface area (Å²) >= 11 is 0. The Balaban J connectivity index is 2.14. The first kappa shape index (κ1) is 14.8. The molecule has 0 heterocycles. The summed E-state index contributed by atoms with van der Waals surface area (Å²) in [6, 6.07) is 5.32. The van der Waals surface area contributed by atoms with Crippen LogP contribution in [-0.2, 0) is 0 Å². The average Bonchev–Trinajstić information content (AvgIpc) is 2.72. The van der Waals surface area contributed by atoms with Gasteiger partial charge in [0.15, 0.2) is 0 Å². The van der Waals surface area contributed by atoms with Gasteiger partial charge in [0, 0.05) is 5.41 Å². The molecule has 0 N–H and O–H groups in total. The first-order chi connectivity index (χ1) is 10.6. The molecule has 0 amide bonds. The van der Waals surface area contributed by atoms with Gasteiger partial charge in [-0.3, -0.25) is 0 Å². The van der Waals surface area contributed by atoms with Gasteiger partial charge in [-0.25, -0.2) is 0 Å². The third kappa shape index (κ3) is 1.18. The standard InChI is InChI=1S/C21H24N2/c1-14-6-7-21-16-15(14)10-17(2,3)20(16,13-23)9-8-19(21,12-22)11-18(21,4)5/h6-9,14H,10-11H2,1-5H3/t14-,19-,20-,21+/m1/s1. The molecule has 0 bridgehead atoms. The van der Waals surface area contributed by atoms with Crippen LogP contribution in [0.5, 0.6) is 0 Å². The van der Waals surface area contributed by atoms with Crippen molar-refractivity contribution in [2.24, 2.45) is 33.0 Å². The van der Waals surface area contributed by atoms with Crippen LogP contribution in [0, 0.1) is 55.7 Å². The highest BCUT2D eigenvalue weighted by Crippen LogP contribution is 2.81. The molecule has 0 unspecified atom stereocenters. The van der Waals surface area contributed by atoms with E-state index in [1.165, 1.54) is 11.1 Å². The van der Waals surface area contributed by atoms with Gasteiger partial charge < -0.3 is 0 Å². The first-order valence-corrected chi connectivity index (χ1v) is 8.59. The van der Waals surface area contributed by atoms with Gasteiger partial charge in [0.05, 0.1) is 17.6 Å². The van der Waals surface area contributed by atoms with Gasteiger partial charge in [-0.1, -0.05) is 64.5 Å². The second kappa shape index (κ2) is 3.64. The molecule has 2 nitrogen and oxygen atoms in total. The van der Waals surface area contributed by atoms with Crippen molar-refractivity contribution in [3.05, 3.63) is 35.5 Å². The maximum absolute atomic E-state index is 10.2. The molecule has 1 spiro atoms. The summed E-state index contributed by atoms with van der Waals surface area (Å²) < 4.78 is 0. The summed E-state index contributed by atoms with van der Waals surface area (Å²) in [6.07, 6.45) is 10.6. The lowest BCUT2D eigenvalue weighted by Gasteiger charge is -2.70. The summed E-state index contributed by atoms with van der Waals surface area (Å²) in [5.74, 6) is 0.365. The molecule has 4 atom stereocenters. The fourth-order valence-electron chi connectivity index (χ4n) is 6.32. The minimum absolute atomic E-state index is 0.00718. The second-order valence-electron chi connectivity index (χ2n) is 9.31. The highest BCUT2D eigenvalue weighted by Gasteiger charge is 2.77. The van der Waals surface area contributed by atoms with E-state index in [4.69, 9.17) is 0 Å². The zero-order valence-corrected chi connectivity index (χ0v) is 14.7. The van der Waals surface area contributed by atoms with E-state index in [-0.39, 0.29) is 16.2 Å². The topological polar surface area (TPSA) is 47.6 Å². The van der Waals surface area contributed by atoms with E-state index in [1.807, 2.05) is 0 Å². The Labute approximate surface area is 139 Å².